The third-order valence-corrected chi connectivity index (χ3v) is 3.89. The highest BCUT2D eigenvalue weighted by molar-refractivity contribution is 6.31. The summed E-state index contributed by atoms with van der Waals surface area (Å²) in [4.78, 5) is 16.2. The van der Waals surface area contributed by atoms with Crippen LogP contribution in [0.5, 0.6) is 0 Å². The number of halogens is 2. The van der Waals surface area contributed by atoms with Crippen molar-refractivity contribution in [2.75, 3.05) is 0 Å². The molecule has 1 aromatic heterocycles. The van der Waals surface area contributed by atoms with Gasteiger partial charge in [0, 0.05) is 28.5 Å². The minimum atomic E-state index is -0.487. The van der Waals surface area contributed by atoms with E-state index in [1.807, 2.05) is 42.5 Å². The van der Waals surface area contributed by atoms with Gasteiger partial charge in [-0.15, -0.1) is 12.4 Å². The number of amides is 1. The first-order chi connectivity index (χ1) is 11.0. The number of hydrogen-bond acceptors (Lipinski definition) is 1. The Morgan fingerprint density at radius 3 is 2.42 bits per heavy atom. The van der Waals surface area contributed by atoms with Crippen LogP contribution >= 0.6 is 24.0 Å². The van der Waals surface area contributed by atoms with E-state index in [1.165, 1.54) is 0 Å². The van der Waals surface area contributed by atoms with Gasteiger partial charge >= 0.3 is 0 Å². The number of guanidine groups is 1. The predicted molar refractivity (Wildman–Crippen MR) is 101 cm³/mol. The number of carbonyl (C=O) groups is 1. The Bertz CT molecular complexity index is 929. The summed E-state index contributed by atoms with van der Waals surface area (Å²) in [5.41, 5.74) is 13.7. The summed E-state index contributed by atoms with van der Waals surface area (Å²) < 4.78 is 1.78. The monoisotopic (exact) mass is 362 g/mol. The molecule has 0 atom stereocenters. The van der Waals surface area contributed by atoms with Crippen molar-refractivity contribution < 1.29 is 4.79 Å². The zero-order valence-electron chi connectivity index (χ0n) is 12.9. The van der Waals surface area contributed by atoms with Crippen LogP contribution in [0.1, 0.15) is 10.5 Å². The maximum atomic E-state index is 12.5. The van der Waals surface area contributed by atoms with E-state index < -0.39 is 5.91 Å². The molecular weight excluding hydrogens is 347 g/mol. The quantitative estimate of drug-likeness (QED) is 0.541. The largest absolute Gasteiger partial charge is 0.370 e. The van der Waals surface area contributed by atoms with Gasteiger partial charge in [-0.3, -0.25) is 4.79 Å². The molecule has 5 nitrogen and oxygen atoms in total. The van der Waals surface area contributed by atoms with Crippen molar-refractivity contribution in [1.29, 1.82) is 0 Å². The number of benzene rings is 2. The van der Waals surface area contributed by atoms with Crippen molar-refractivity contribution in [3.63, 3.8) is 0 Å². The van der Waals surface area contributed by atoms with Crippen LogP contribution in [0.15, 0.2) is 53.5 Å². The lowest BCUT2D eigenvalue weighted by Crippen LogP contribution is -2.24. The topological polar surface area (TPSA) is 86.4 Å². The van der Waals surface area contributed by atoms with Gasteiger partial charge in [0.05, 0.1) is 0 Å². The summed E-state index contributed by atoms with van der Waals surface area (Å²) in [6, 6.07) is 15.1. The number of aliphatic imine (C=N–C) groups is 1. The maximum Gasteiger partial charge on any atom is 0.297 e. The molecule has 24 heavy (non-hydrogen) atoms. The number of aryl methyl sites for hydroxylation is 1. The van der Waals surface area contributed by atoms with E-state index in [0.717, 1.165) is 22.0 Å². The second-order valence-electron chi connectivity index (χ2n) is 5.15. The van der Waals surface area contributed by atoms with E-state index in [1.54, 1.807) is 17.7 Å². The predicted octanol–water partition coefficient (Wildman–Crippen LogP) is 3.33. The fraction of sp³-hybridized carbons (Fsp3) is 0.0588. The number of hydrogen-bond donors (Lipinski definition) is 2. The standard InChI is InChI=1S/C17H15ClN4O.ClH/c1-22-13-8-7-11(18)9-12(13)14(10-5-3-2-4-6-10)15(22)16(23)21-17(19)20;/h2-9H,1H3,(H4,19,20,21,23);1H. The molecule has 0 aliphatic rings. The lowest BCUT2D eigenvalue weighted by molar-refractivity contribution is 0.0996. The van der Waals surface area contributed by atoms with Crippen LogP contribution in [0.4, 0.5) is 0 Å². The molecule has 4 N–H and O–H groups in total. The lowest BCUT2D eigenvalue weighted by atomic mass is 10.0. The molecule has 0 radical (unpaired) electrons. The normalized spacial score (nSPS) is 10.2. The summed E-state index contributed by atoms with van der Waals surface area (Å²) in [7, 11) is 1.80. The lowest BCUT2D eigenvalue weighted by Gasteiger charge is -2.05. The maximum absolute atomic E-state index is 12.5. The van der Waals surface area contributed by atoms with Gasteiger partial charge in [-0.2, -0.15) is 4.99 Å². The van der Waals surface area contributed by atoms with Gasteiger partial charge in [0.2, 0.25) is 0 Å². The average molecular weight is 363 g/mol. The first kappa shape index (κ1) is 17.8. The van der Waals surface area contributed by atoms with Crippen LogP contribution in [0.2, 0.25) is 5.02 Å². The zero-order valence-corrected chi connectivity index (χ0v) is 14.4. The van der Waals surface area contributed by atoms with E-state index in [2.05, 4.69) is 4.99 Å². The first-order valence-corrected chi connectivity index (χ1v) is 7.34. The average Bonchev–Trinajstić information content (AvgIpc) is 2.80. The second kappa shape index (κ2) is 6.95. The van der Waals surface area contributed by atoms with Crippen molar-refractivity contribution in [3.8, 4) is 11.1 Å². The first-order valence-electron chi connectivity index (χ1n) is 6.96. The smallest absolute Gasteiger partial charge is 0.297 e. The highest BCUT2D eigenvalue weighted by atomic mass is 35.5. The van der Waals surface area contributed by atoms with Gasteiger partial charge in [-0.1, -0.05) is 41.9 Å². The molecule has 0 saturated carbocycles. The second-order valence-corrected chi connectivity index (χ2v) is 5.59. The molecule has 3 aromatic rings. The zero-order chi connectivity index (χ0) is 16.6. The third-order valence-electron chi connectivity index (χ3n) is 3.66. The number of rotatable bonds is 2. The Kier molecular flexibility index (Phi) is 5.17. The van der Waals surface area contributed by atoms with Gasteiger partial charge in [-0.05, 0) is 23.8 Å². The third kappa shape index (κ3) is 3.09. The number of nitrogens with two attached hydrogens (primary N) is 2. The Labute approximate surface area is 150 Å². The van der Waals surface area contributed by atoms with Crippen molar-refractivity contribution >= 4 is 46.8 Å². The van der Waals surface area contributed by atoms with Crippen LogP contribution in [-0.4, -0.2) is 16.4 Å². The highest BCUT2D eigenvalue weighted by Crippen LogP contribution is 2.36. The fourth-order valence-corrected chi connectivity index (χ4v) is 2.91. The Morgan fingerprint density at radius 2 is 1.79 bits per heavy atom. The van der Waals surface area contributed by atoms with E-state index in [0.29, 0.717) is 10.7 Å². The van der Waals surface area contributed by atoms with Gasteiger partial charge in [0.1, 0.15) is 5.69 Å². The molecule has 3 rings (SSSR count). The summed E-state index contributed by atoms with van der Waals surface area (Å²) in [5.74, 6) is -0.754. The number of aromatic nitrogens is 1. The van der Waals surface area contributed by atoms with Crippen molar-refractivity contribution in [2.24, 2.45) is 23.5 Å². The van der Waals surface area contributed by atoms with E-state index in [4.69, 9.17) is 23.1 Å². The van der Waals surface area contributed by atoms with Crippen LogP contribution < -0.4 is 11.5 Å². The molecule has 2 aromatic carbocycles. The van der Waals surface area contributed by atoms with E-state index in [9.17, 15) is 4.79 Å². The molecule has 0 unspecified atom stereocenters. The van der Waals surface area contributed by atoms with Crippen LogP contribution in [0, 0.1) is 0 Å². The van der Waals surface area contributed by atoms with Crippen molar-refractivity contribution in [1.82, 2.24) is 4.57 Å². The molecule has 0 spiro atoms. The SMILES string of the molecule is Cl.Cn1c(C(=O)N=C(N)N)c(-c2ccccc2)c2cc(Cl)ccc21. The molecule has 0 fully saturated rings. The molecule has 0 bridgehead atoms. The van der Waals surface area contributed by atoms with Crippen LogP contribution in [0.3, 0.4) is 0 Å². The fourth-order valence-electron chi connectivity index (χ4n) is 2.73. The highest BCUT2D eigenvalue weighted by Gasteiger charge is 2.22. The number of carbonyl (C=O) groups excluding carboxylic acids is 1. The molecule has 124 valence electrons. The minimum absolute atomic E-state index is 0. The van der Waals surface area contributed by atoms with E-state index in [-0.39, 0.29) is 18.4 Å². The molecule has 1 amide bonds. The van der Waals surface area contributed by atoms with Crippen LogP contribution in [-0.2, 0) is 7.05 Å². The Hall–Kier alpha value is -2.50. The minimum Gasteiger partial charge on any atom is -0.370 e. The van der Waals surface area contributed by atoms with Gasteiger partial charge < -0.3 is 16.0 Å². The van der Waals surface area contributed by atoms with Gasteiger partial charge in [0.25, 0.3) is 5.91 Å². The molecule has 1 heterocycles. The Morgan fingerprint density at radius 1 is 1.12 bits per heavy atom. The number of nitrogens with zero attached hydrogens (tertiary/aromatic N) is 2. The summed E-state index contributed by atoms with van der Waals surface area (Å²) in [5, 5.41) is 1.47. The van der Waals surface area contributed by atoms with Gasteiger partial charge in [-0.25, -0.2) is 0 Å². The summed E-state index contributed by atoms with van der Waals surface area (Å²) >= 11 is 6.14. The number of fused-ring (bicyclic) bond motifs is 1. The molecular formula is C17H16Cl2N4O. The van der Waals surface area contributed by atoms with E-state index >= 15 is 0 Å². The summed E-state index contributed by atoms with van der Waals surface area (Å²) in [6.45, 7) is 0. The molecule has 0 aliphatic carbocycles. The van der Waals surface area contributed by atoms with Gasteiger partial charge in [0.15, 0.2) is 5.96 Å². The van der Waals surface area contributed by atoms with Crippen LogP contribution in [0.25, 0.3) is 22.0 Å². The van der Waals surface area contributed by atoms with Crippen molar-refractivity contribution in [2.45, 2.75) is 0 Å². The van der Waals surface area contributed by atoms with Crippen molar-refractivity contribution in [3.05, 3.63) is 59.2 Å². The Balaban J connectivity index is 0.00000208. The molecule has 0 saturated heterocycles. The molecule has 0 aliphatic heterocycles. The molecule has 7 heteroatoms. The summed E-state index contributed by atoms with van der Waals surface area (Å²) in [6.07, 6.45) is 0.